The largest absolute Gasteiger partial charge is 0.325 e. The summed E-state index contributed by atoms with van der Waals surface area (Å²) in [5.74, 6) is 0. The van der Waals surface area contributed by atoms with Gasteiger partial charge in [-0.05, 0) is 11.6 Å². The van der Waals surface area contributed by atoms with E-state index in [1.807, 2.05) is 0 Å². The zero-order chi connectivity index (χ0) is 8.72. The van der Waals surface area contributed by atoms with E-state index in [-0.39, 0.29) is 16.4 Å². The monoisotopic (exact) mass is 186 g/mol. The molecule has 62 valence electrons. The molecule has 6 nitrogen and oxygen atoms in total. The van der Waals surface area contributed by atoms with Crippen LogP contribution in [0.5, 0.6) is 0 Å². The molecule has 2 rings (SSSR count). The molecule has 0 saturated heterocycles. The Hall–Kier alpha value is -1.56. The van der Waals surface area contributed by atoms with Crippen molar-refractivity contribution in [3.8, 4) is 0 Å². The first-order valence-electron chi connectivity index (χ1n) is 3.04. The van der Waals surface area contributed by atoms with Gasteiger partial charge in [0, 0.05) is 0 Å². The maximum atomic E-state index is 11.0. The van der Waals surface area contributed by atoms with Crippen molar-refractivity contribution in [1.29, 1.82) is 0 Å². The SMILES string of the molecule is O=c1[nH]c2nc(Cl)[nH]c(=O)c2[nH]1. The van der Waals surface area contributed by atoms with Gasteiger partial charge in [-0.25, -0.2) is 4.79 Å². The van der Waals surface area contributed by atoms with Crippen molar-refractivity contribution in [3.05, 3.63) is 26.1 Å². The smallest absolute Gasteiger partial charge is 0.300 e. The summed E-state index contributed by atoms with van der Waals surface area (Å²) in [4.78, 5) is 32.3. The molecule has 0 amide bonds. The third kappa shape index (κ3) is 0.928. The van der Waals surface area contributed by atoms with E-state index in [2.05, 4.69) is 19.9 Å². The zero-order valence-electron chi connectivity index (χ0n) is 5.64. The average Bonchev–Trinajstić information content (AvgIpc) is 2.29. The van der Waals surface area contributed by atoms with Crippen LogP contribution in [-0.2, 0) is 0 Å². The van der Waals surface area contributed by atoms with E-state index < -0.39 is 11.2 Å². The van der Waals surface area contributed by atoms with Crippen LogP contribution in [0.2, 0.25) is 5.28 Å². The Bertz CT molecular complexity index is 536. The van der Waals surface area contributed by atoms with Crippen molar-refractivity contribution in [2.45, 2.75) is 0 Å². The molecule has 0 unspecified atom stereocenters. The molecule has 0 atom stereocenters. The number of rotatable bonds is 0. The van der Waals surface area contributed by atoms with Crippen LogP contribution in [0.4, 0.5) is 0 Å². The van der Waals surface area contributed by atoms with E-state index in [0.717, 1.165) is 0 Å². The average molecular weight is 187 g/mol. The van der Waals surface area contributed by atoms with Gasteiger partial charge in [0.2, 0.25) is 5.28 Å². The maximum Gasteiger partial charge on any atom is 0.325 e. The van der Waals surface area contributed by atoms with Gasteiger partial charge in [0.05, 0.1) is 0 Å². The first-order valence-corrected chi connectivity index (χ1v) is 3.42. The molecule has 0 aliphatic heterocycles. The molecule has 0 radical (unpaired) electrons. The number of H-pyrrole nitrogens is 3. The molecule has 0 aliphatic rings. The summed E-state index contributed by atoms with van der Waals surface area (Å²) in [6.45, 7) is 0. The van der Waals surface area contributed by atoms with Gasteiger partial charge in [0.15, 0.2) is 11.2 Å². The third-order valence-electron chi connectivity index (χ3n) is 1.36. The summed E-state index contributed by atoms with van der Waals surface area (Å²) in [7, 11) is 0. The van der Waals surface area contributed by atoms with Crippen LogP contribution >= 0.6 is 11.6 Å². The fraction of sp³-hybridized carbons (Fsp3) is 0. The number of aromatic nitrogens is 4. The Morgan fingerprint density at radius 1 is 1.17 bits per heavy atom. The first-order chi connectivity index (χ1) is 5.66. The Morgan fingerprint density at radius 2 is 1.92 bits per heavy atom. The number of aromatic amines is 3. The third-order valence-corrected chi connectivity index (χ3v) is 1.54. The number of hydrogen-bond donors (Lipinski definition) is 3. The normalized spacial score (nSPS) is 10.8. The Kier molecular flexibility index (Phi) is 1.31. The second kappa shape index (κ2) is 2.21. The number of fused-ring (bicyclic) bond motifs is 1. The maximum absolute atomic E-state index is 11.0. The van der Waals surface area contributed by atoms with Crippen molar-refractivity contribution in [1.82, 2.24) is 19.9 Å². The van der Waals surface area contributed by atoms with E-state index in [4.69, 9.17) is 11.6 Å². The highest BCUT2D eigenvalue weighted by Crippen LogP contribution is 2.00. The van der Waals surface area contributed by atoms with Gasteiger partial charge in [0.25, 0.3) is 5.56 Å². The van der Waals surface area contributed by atoms with E-state index in [1.54, 1.807) is 0 Å². The van der Waals surface area contributed by atoms with Crippen molar-refractivity contribution < 1.29 is 0 Å². The van der Waals surface area contributed by atoms with Crippen molar-refractivity contribution in [2.75, 3.05) is 0 Å². The molecule has 12 heavy (non-hydrogen) atoms. The number of imidazole rings is 1. The van der Waals surface area contributed by atoms with Crippen molar-refractivity contribution >= 4 is 22.8 Å². The summed E-state index contributed by atoms with van der Waals surface area (Å²) < 4.78 is 0. The molecule has 0 fully saturated rings. The van der Waals surface area contributed by atoms with Gasteiger partial charge in [0.1, 0.15) is 0 Å². The highest BCUT2D eigenvalue weighted by molar-refractivity contribution is 6.28. The molecule has 0 bridgehead atoms. The summed E-state index contributed by atoms with van der Waals surface area (Å²) >= 11 is 5.43. The van der Waals surface area contributed by atoms with Crippen LogP contribution in [0.15, 0.2) is 9.59 Å². The first kappa shape index (κ1) is 7.11. The van der Waals surface area contributed by atoms with Gasteiger partial charge in [-0.3, -0.25) is 19.7 Å². The molecule has 0 saturated carbocycles. The lowest BCUT2D eigenvalue weighted by Gasteiger charge is -1.87. The van der Waals surface area contributed by atoms with Crippen LogP contribution in [0.1, 0.15) is 0 Å². The topological polar surface area (TPSA) is 94.4 Å². The predicted octanol–water partition coefficient (Wildman–Crippen LogP) is -0.407. The highest BCUT2D eigenvalue weighted by Gasteiger charge is 2.04. The molecular formula is C5H3ClN4O2. The lowest BCUT2D eigenvalue weighted by atomic mass is 10.6. The van der Waals surface area contributed by atoms with Gasteiger partial charge in [-0.15, -0.1) is 0 Å². The number of nitrogens with zero attached hydrogens (tertiary/aromatic N) is 1. The Labute approximate surface area is 69.6 Å². The second-order valence-corrected chi connectivity index (χ2v) is 2.52. The Balaban J connectivity index is 3.08. The molecule has 0 aliphatic carbocycles. The Morgan fingerprint density at radius 3 is 2.67 bits per heavy atom. The van der Waals surface area contributed by atoms with E-state index in [9.17, 15) is 9.59 Å². The van der Waals surface area contributed by atoms with Crippen LogP contribution in [0.25, 0.3) is 11.2 Å². The lowest BCUT2D eigenvalue weighted by molar-refractivity contribution is 1.15. The van der Waals surface area contributed by atoms with E-state index in [1.165, 1.54) is 0 Å². The van der Waals surface area contributed by atoms with Crippen molar-refractivity contribution in [3.63, 3.8) is 0 Å². The highest BCUT2D eigenvalue weighted by atomic mass is 35.5. The standard InChI is InChI=1S/C5H3ClN4O2/c6-4-8-2-1(3(11)10-4)7-5(12)9-2/h(H3,7,8,9,10,11,12). The quantitative estimate of drug-likeness (QED) is 0.489. The number of hydrogen-bond acceptors (Lipinski definition) is 3. The molecule has 7 heteroatoms. The molecule has 0 aromatic carbocycles. The predicted molar refractivity (Wildman–Crippen MR) is 42.3 cm³/mol. The molecule has 3 N–H and O–H groups in total. The van der Waals surface area contributed by atoms with Gasteiger partial charge >= 0.3 is 5.69 Å². The molecule has 2 aromatic heterocycles. The van der Waals surface area contributed by atoms with Crippen LogP contribution in [-0.4, -0.2) is 19.9 Å². The van der Waals surface area contributed by atoms with E-state index >= 15 is 0 Å². The van der Waals surface area contributed by atoms with Crippen molar-refractivity contribution in [2.24, 2.45) is 0 Å². The summed E-state index contributed by atoms with van der Waals surface area (Å²) in [5.41, 5.74) is -0.688. The molecule has 2 aromatic rings. The van der Waals surface area contributed by atoms with Gasteiger partial charge < -0.3 is 0 Å². The fourth-order valence-corrected chi connectivity index (χ4v) is 1.07. The van der Waals surface area contributed by atoms with E-state index in [0.29, 0.717) is 0 Å². The zero-order valence-corrected chi connectivity index (χ0v) is 6.40. The van der Waals surface area contributed by atoms with Crippen LogP contribution in [0, 0.1) is 0 Å². The summed E-state index contributed by atoms with van der Waals surface area (Å²) in [5, 5.41) is -0.0530. The second-order valence-electron chi connectivity index (χ2n) is 2.16. The molecular weight excluding hydrogens is 184 g/mol. The fourth-order valence-electron chi connectivity index (χ4n) is 0.904. The molecule has 2 heterocycles. The van der Waals surface area contributed by atoms with Gasteiger partial charge in [-0.1, -0.05) is 0 Å². The van der Waals surface area contributed by atoms with Crippen LogP contribution in [0.3, 0.4) is 0 Å². The minimum atomic E-state index is -0.481. The van der Waals surface area contributed by atoms with Gasteiger partial charge in [-0.2, -0.15) is 4.98 Å². The summed E-state index contributed by atoms with van der Waals surface area (Å²) in [6.07, 6.45) is 0. The summed E-state index contributed by atoms with van der Waals surface area (Å²) in [6, 6.07) is 0. The lowest BCUT2D eigenvalue weighted by Crippen LogP contribution is -2.08. The number of halogens is 1. The number of nitrogens with one attached hydrogen (secondary N) is 3. The van der Waals surface area contributed by atoms with Crippen LogP contribution < -0.4 is 11.2 Å². The minimum absolute atomic E-state index is 0.0530. The minimum Gasteiger partial charge on any atom is -0.300 e. The molecule has 0 spiro atoms.